The number of nitrogens with two attached hydrogens (primary N) is 2. The van der Waals surface area contributed by atoms with Gasteiger partial charge in [0, 0.05) is 5.56 Å². The molecule has 61 heavy (non-hydrogen) atoms. The first-order valence-electron chi connectivity index (χ1n) is 21.9. The van der Waals surface area contributed by atoms with Crippen LogP contribution in [0.25, 0.3) is 10.6 Å². The van der Waals surface area contributed by atoms with Gasteiger partial charge in [0.1, 0.15) is 34.1 Å². The number of unbranched alkanes of at least 4 members (excludes halogenated alkanes) is 2. The molecule has 4 fully saturated rings. The molecule has 2 heterocycles. The van der Waals surface area contributed by atoms with E-state index in [1.165, 1.54) is 36.9 Å². The minimum absolute atomic E-state index is 0.0398. The maximum atomic E-state index is 13.7. The lowest BCUT2D eigenvalue weighted by atomic mass is 9.43. The third-order valence-corrected chi connectivity index (χ3v) is 14.0. The number of carbonyl (C=O) groups excluding carboxylic acids is 5. The van der Waals surface area contributed by atoms with Crippen molar-refractivity contribution in [2.45, 2.75) is 154 Å². The third-order valence-electron chi connectivity index (χ3n) is 13.0. The molecule has 6 rings (SSSR count). The number of benzene rings is 1. The molecule has 336 valence electrons. The molecule has 0 radical (unpaired) electrons. The van der Waals surface area contributed by atoms with Crippen molar-refractivity contribution >= 4 is 48.0 Å². The van der Waals surface area contributed by atoms with E-state index in [9.17, 15) is 29.1 Å². The van der Waals surface area contributed by atoms with Crippen molar-refractivity contribution in [2.24, 2.45) is 28.7 Å². The van der Waals surface area contributed by atoms with Crippen LogP contribution < -0.4 is 38.1 Å². The van der Waals surface area contributed by atoms with Gasteiger partial charge in [-0.15, -0.1) is 11.3 Å². The number of amides is 5. The van der Waals surface area contributed by atoms with Crippen molar-refractivity contribution in [3.8, 4) is 10.6 Å². The number of nitrogens with zero attached hydrogens (tertiary/aromatic N) is 1. The molecule has 2 bridgehead atoms. The van der Waals surface area contributed by atoms with E-state index in [1.807, 2.05) is 31.2 Å². The van der Waals surface area contributed by atoms with Gasteiger partial charge in [0.15, 0.2) is 0 Å². The highest BCUT2D eigenvalue weighted by Gasteiger charge is 2.68. The minimum Gasteiger partial charge on any atom is -0.404 e. The van der Waals surface area contributed by atoms with E-state index in [-0.39, 0.29) is 29.4 Å². The second kappa shape index (κ2) is 21.0. The van der Waals surface area contributed by atoms with E-state index < -0.39 is 78.5 Å². The van der Waals surface area contributed by atoms with Crippen molar-refractivity contribution in [3.05, 3.63) is 40.9 Å². The molecule has 0 spiro atoms. The zero-order chi connectivity index (χ0) is 44.6. The molecule has 5 amide bonds. The average molecular weight is 867 g/mol. The van der Waals surface area contributed by atoms with Crippen LogP contribution in [-0.2, 0) is 34.9 Å². The Morgan fingerprint density at radius 3 is 2.20 bits per heavy atom. The molecule has 18 heteroatoms. The molecule has 3 saturated carbocycles. The second-order valence-corrected chi connectivity index (χ2v) is 18.9. The highest BCUT2D eigenvalue weighted by molar-refractivity contribution is 7.16. The fourth-order valence-electron chi connectivity index (χ4n) is 8.97. The molecule has 1 unspecified atom stereocenters. The fourth-order valence-corrected chi connectivity index (χ4v) is 9.79. The highest BCUT2D eigenvalue weighted by atomic mass is 32.1. The van der Waals surface area contributed by atoms with Crippen LogP contribution in [-0.4, -0.2) is 108 Å². The summed E-state index contributed by atoms with van der Waals surface area (Å²) in [7, 11) is -0.651. The Kier molecular flexibility index (Phi) is 16.5. The van der Waals surface area contributed by atoms with E-state index in [4.69, 9.17) is 20.8 Å². The zero-order valence-electron chi connectivity index (χ0n) is 36.8. The van der Waals surface area contributed by atoms with E-state index in [1.54, 1.807) is 0 Å². The summed E-state index contributed by atoms with van der Waals surface area (Å²) in [6.45, 7) is 13.8. The molecule has 3 aliphatic carbocycles. The largest absolute Gasteiger partial charge is 0.481 e. The maximum absolute atomic E-state index is 13.7. The summed E-state index contributed by atoms with van der Waals surface area (Å²) in [5, 5.41) is 24.7. The van der Waals surface area contributed by atoms with Gasteiger partial charge in [-0.25, -0.2) is 4.98 Å². The lowest BCUT2D eigenvalue weighted by molar-refractivity contribution is -0.199. The highest BCUT2D eigenvalue weighted by Crippen LogP contribution is 2.65. The molecule has 10 N–H and O–H groups in total. The van der Waals surface area contributed by atoms with Gasteiger partial charge in [-0.1, -0.05) is 51.5 Å². The predicted molar refractivity (Wildman–Crippen MR) is 235 cm³/mol. The van der Waals surface area contributed by atoms with Crippen LogP contribution >= 0.6 is 11.3 Å². The van der Waals surface area contributed by atoms with Gasteiger partial charge in [-0.05, 0) is 115 Å². The number of aliphatic hydroxyl groups is 1. The Bertz CT molecular complexity index is 1850. The molecular formula is C43H67BN8O8S. The summed E-state index contributed by atoms with van der Waals surface area (Å²) in [5.74, 6) is -2.80. The zero-order valence-corrected chi connectivity index (χ0v) is 37.6. The molecule has 1 aromatic carbocycles. The summed E-state index contributed by atoms with van der Waals surface area (Å²) in [4.78, 5) is 72.1. The van der Waals surface area contributed by atoms with Crippen LogP contribution in [0.3, 0.4) is 0 Å². The van der Waals surface area contributed by atoms with Crippen molar-refractivity contribution < 1.29 is 38.4 Å². The monoisotopic (exact) mass is 866 g/mol. The number of aromatic nitrogens is 1. The van der Waals surface area contributed by atoms with E-state index in [0.717, 1.165) is 37.7 Å². The van der Waals surface area contributed by atoms with Gasteiger partial charge in [0.25, 0.3) is 5.91 Å². The quantitative estimate of drug-likeness (QED) is 0.0631. The maximum Gasteiger partial charge on any atom is 0.481 e. The number of rotatable bonds is 22. The lowest BCUT2D eigenvalue weighted by Gasteiger charge is -2.64. The normalized spacial score (nSPS) is 24.2. The van der Waals surface area contributed by atoms with Crippen molar-refractivity contribution in [1.29, 1.82) is 0 Å². The van der Waals surface area contributed by atoms with Crippen molar-refractivity contribution in [3.63, 3.8) is 0 Å². The summed E-state index contributed by atoms with van der Waals surface area (Å²) in [6.07, 6.45) is 6.73. The number of hydrogen-bond acceptors (Lipinski definition) is 12. The Morgan fingerprint density at radius 2 is 1.56 bits per heavy atom. The third kappa shape index (κ3) is 11.4. The molecule has 16 nitrogen and oxygen atoms in total. The van der Waals surface area contributed by atoms with Crippen molar-refractivity contribution in [1.82, 2.24) is 31.6 Å². The van der Waals surface area contributed by atoms with Crippen LogP contribution in [0.1, 0.15) is 115 Å². The number of nitrogens with one attached hydrogen (secondary N) is 5. The Labute approximate surface area is 364 Å². The lowest BCUT2D eigenvalue weighted by Crippen LogP contribution is -2.65. The summed E-state index contributed by atoms with van der Waals surface area (Å²) in [6, 6.07) is 3.28. The number of carbonyl (C=O) groups is 5. The first-order valence-corrected chi connectivity index (χ1v) is 22.7. The number of hydrogen-bond donors (Lipinski definition) is 8. The van der Waals surface area contributed by atoms with Gasteiger partial charge in [0.2, 0.25) is 23.6 Å². The second-order valence-electron chi connectivity index (χ2n) is 17.9. The van der Waals surface area contributed by atoms with Crippen LogP contribution in [0, 0.1) is 17.3 Å². The molecule has 4 aliphatic rings. The molecule has 1 aliphatic heterocycles. The summed E-state index contributed by atoms with van der Waals surface area (Å²) in [5.41, 5.74) is 13.3. The van der Waals surface area contributed by atoms with Gasteiger partial charge in [0.05, 0.1) is 29.9 Å². The summed E-state index contributed by atoms with van der Waals surface area (Å²) >= 11 is 1.18. The average Bonchev–Trinajstić information content (AvgIpc) is 3.86. The topological polar surface area (TPSA) is 249 Å². The Balaban J connectivity index is 1.15. The number of aryl methyl sites for hydroxylation is 1. The fraction of sp³-hybridized carbons (Fsp3) is 0.674. The van der Waals surface area contributed by atoms with Crippen LogP contribution in [0.4, 0.5) is 0 Å². The molecule has 2 aromatic rings. The van der Waals surface area contributed by atoms with Crippen LogP contribution in [0.2, 0.25) is 0 Å². The van der Waals surface area contributed by atoms with Crippen molar-refractivity contribution in [2.75, 3.05) is 13.1 Å². The van der Waals surface area contributed by atoms with Gasteiger partial charge in [-0.2, -0.15) is 0 Å². The molecule has 10 atom stereocenters. The van der Waals surface area contributed by atoms with Gasteiger partial charge in [-0.3, -0.25) is 24.0 Å². The van der Waals surface area contributed by atoms with Crippen LogP contribution in [0.5, 0.6) is 0 Å². The summed E-state index contributed by atoms with van der Waals surface area (Å²) < 4.78 is 12.9. The Morgan fingerprint density at radius 1 is 0.869 bits per heavy atom. The smallest absolute Gasteiger partial charge is 0.404 e. The predicted octanol–water partition coefficient (Wildman–Crippen LogP) is 2.36. The number of thiazole rings is 1. The van der Waals surface area contributed by atoms with E-state index in [0.29, 0.717) is 42.7 Å². The van der Waals surface area contributed by atoms with E-state index in [2.05, 4.69) is 59.3 Å². The first-order chi connectivity index (χ1) is 28.9. The van der Waals surface area contributed by atoms with Gasteiger partial charge < -0.3 is 52.5 Å². The molecule has 1 aromatic heterocycles. The first kappa shape index (κ1) is 48.1. The standard InChI is InChI=1S/C43H67BN8O8S/c1-8-9-12-27-14-16-28(17-15-27)41-47-23-32(61-41)39(57)51-31(18-20-46)38(56)52-35(25(3)53)40(58)48-24(2)36(54)50-30(13-10-11-19-45)37(55)49-26(4)44-59-34-22-29-21-33(42(29,5)6)43(34,7)60-44/h14-17,23-26,29-31,33-35,53H,8-13,18-22,45-46H2,1-7H3,(H,48,58)(H,49,55)(H,50,54)(H,51,57)(H,52,56)/t24-,25+,26-,29-,30-,31-,33-,34?,35-,43-/m0/s1. The molecular weight excluding hydrogens is 799 g/mol. The SMILES string of the molecule is CCCCc1ccc(-c2ncc(C(=O)N[C@@H](CCN)C(=O)N[C@H](C(=O)N[C@@H](C)C(=O)N[C@@H](CCCCN)C(=O)N[C@@H](C)B3OC4C[C@@H]5C[C@@H](C5(C)C)[C@]4(C)O3)[C@@H](C)O)s2)cc1. The minimum atomic E-state index is -1.49. The Hall–Kier alpha value is -3.94. The molecule has 1 saturated heterocycles. The van der Waals surface area contributed by atoms with E-state index >= 15 is 0 Å². The van der Waals surface area contributed by atoms with Crippen LogP contribution in [0.15, 0.2) is 30.5 Å². The van der Waals surface area contributed by atoms with Gasteiger partial charge >= 0.3 is 7.12 Å². The number of aliphatic hydroxyl groups excluding tert-OH is 1.